The zero-order chi connectivity index (χ0) is 37.9. The van der Waals surface area contributed by atoms with E-state index in [1.807, 2.05) is 0 Å². The van der Waals surface area contributed by atoms with Gasteiger partial charge in [-0.3, -0.25) is 9.13 Å². The standard InChI is InChI=1S/C53H33N5/c1-2-16-34(17-3-1)56-43-24-10-8-22-40(43)41-30-31-49-52(53(41)56)42-23-9-15-29-48(42)55(49)35-32-50(57-44-25-11-4-18-36(44)37-19-5-12-26-45(37)57)54-51(33-35)58-46-27-13-6-20-38(46)39-21-7-14-28-47(39)58/h1-33H. The largest absolute Gasteiger partial charge is 0.309 e. The van der Waals surface area contributed by atoms with E-state index in [2.05, 4.69) is 218 Å². The summed E-state index contributed by atoms with van der Waals surface area (Å²) < 4.78 is 9.58. The van der Waals surface area contributed by atoms with Crippen molar-refractivity contribution in [2.75, 3.05) is 0 Å². The van der Waals surface area contributed by atoms with Gasteiger partial charge < -0.3 is 9.13 Å². The van der Waals surface area contributed by atoms with Gasteiger partial charge in [0, 0.05) is 60.9 Å². The molecule has 0 atom stereocenters. The van der Waals surface area contributed by atoms with Crippen LogP contribution in [0.5, 0.6) is 0 Å². The molecule has 13 rings (SSSR count). The van der Waals surface area contributed by atoms with Gasteiger partial charge in [0.25, 0.3) is 0 Å². The van der Waals surface area contributed by atoms with Crippen LogP contribution in [0.3, 0.4) is 0 Å². The van der Waals surface area contributed by atoms with Crippen molar-refractivity contribution in [1.82, 2.24) is 23.3 Å². The second-order valence-electron chi connectivity index (χ2n) is 15.2. The lowest BCUT2D eigenvalue weighted by Gasteiger charge is -2.16. The van der Waals surface area contributed by atoms with E-state index in [0.717, 1.165) is 56.1 Å². The summed E-state index contributed by atoms with van der Waals surface area (Å²) in [7, 11) is 0. The van der Waals surface area contributed by atoms with Gasteiger partial charge in [-0.1, -0.05) is 133 Å². The zero-order valence-corrected chi connectivity index (χ0v) is 31.3. The molecule has 8 aromatic carbocycles. The normalized spacial score (nSPS) is 12.1. The molecule has 0 unspecified atom stereocenters. The van der Waals surface area contributed by atoms with E-state index in [1.54, 1.807) is 0 Å². The van der Waals surface area contributed by atoms with Crippen molar-refractivity contribution in [3.8, 4) is 23.0 Å². The molecular weight excluding hydrogens is 707 g/mol. The molecule has 0 saturated heterocycles. The van der Waals surface area contributed by atoms with Crippen LogP contribution < -0.4 is 0 Å². The van der Waals surface area contributed by atoms with Crippen LogP contribution in [0.4, 0.5) is 0 Å². The number of fused-ring (bicyclic) bond motifs is 13. The van der Waals surface area contributed by atoms with E-state index in [9.17, 15) is 0 Å². The first-order valence-corrected chi connectivity index (χ1v) is 19.8. The van der Waals surface area contributed by atoms with E-state index >= 15 is 0 Å². The summed E-state index contributed by atoms with van der Waals surface area (Å²) in [6.07, 6.45) is 0. The molecule has 0 saturated carbocycles. The molecule has 0 bridgehead atoms. The minimum atomic E-state index is 0.858. The predicted octanol–water partition coefficient (Wildman–Crippen LogP) is 13.5. The van der Waals surface area contributed by atoms with Gasteiger partial charge in [-0.05, 0) is 54.6 Å². The molecule has 0 aliphatic rings. The number of pyridine rings is 1. The fourth-order valence-electron chi connectivity index (χ4n) is 9.82. The van der Waals surface area contributed by atoms with Crippen LogP contribution in [0, 0.1) is 0 Å². The average Bonchev–Trinajstić information content (AvgIpc) is 4.01. The van der Waals surface area contributed by atoms with Crippen LogP contribution >= 0.6 is 0 Å². The highest BCUT2D eigenvalue weighted by atomic mass is 15.1. The van der Waals surface area contributed by atoms with Crippen molar-refractivity contribution in [3.05, 3.63) is 200 Å². The Labute approximate surface area is 332 Å². The second-order valence-corrected chi connectivity index (χ2v) is 15.2. The molecule has 0 fully saturated rings. The highest BCUT2D eigenvalue weighted by Gasteiger charge is 2.23. The van der Waals surface area contributed by atoms with Crippen molar-refractivity contribution in [1.29, 1.82) is 0 Å². The van der Waals surface area contributed by atoms with Crippen molar-refractivity contribution in [2.45, 2.75) is 0 Å². The first-order valence-electron chi connectivity index (χ1n) is 19.8. The number of aromatic nitrogens is 5. The van der Waals surface area contributed by atoms with Crippen LogP contribution in [0.15, 0.2) is 200 Å². The quantitative estimate of drug-likeness (QED) is 0.177. The minimum absolute atomic E-state index is 0.858. The lowest BCUT2D eigenvalue weighted by atomic mass is 10.1. The highest BCUT2D eigenvalue weighted by Crippen LogP contribution is 2.43. The van der Waals surface area contributed by atoms with Crippen molar-refractivity contribution in [3.63, 3.8) is 0 Å². The summed E-state index contributed by atoms with van der Waals surface area (Å²) in [6, 6.07) is 72.3. The van der Waals surface area contributed by atoms with Gasteiger partial charge in [-0.2, -0.15) is 0 Å². The monoisotopic (exact) mass is 739 g/mol. The maximum atomic E-state index is 5.63. The van der Waals surface area contributed by atoms with Crippen LogP contribution in [0.25, 0.3) is 110 Å². The summed E-state index contributed by atoms with van der Waals surface area (Å²) in [6.45, 7) is 0. The Morgan fingerprint density at radius 3 is 1.12 bits per heavy atom. The third-order valence-corrected chi connectivity index (χ3v) is 12.1. The molecule has 0 amide bonds. The van der Waals surface area contributed by atoms with E-state index in [1.165, 1.54) is 54.1 Å². The SMILES string of the molecule is c1ccc(-n2c3ccccc3c3ccc4c(c5ccccc5n4-c4cc(-n5c6ccccc6c6ccccc65)nc(-n5c6ccccc6c6ccccc65)c4)c32)cc1. The minimum Gasteiger partial charge on any atom is -0.309 e. The topological polar surface area (TPSA) is 32.6 Å². The molecule has 5 heterocycles. The predicted molar refractivity (Wildman–Crippen MR) is 242 cm³/mol. The van der Waals surface area contributed by atoms with E-state index < -0.39 is 0 Å². The molecule has 5 nitrogen and oxygen atoms in total. The number of nitrogens with zero attached hydrogens (tertiary/aromatic N) is 5. The number of benzene rings is 8. The van der Waals surface area contributed by atoms with E-state index in [-0.39, 0.29) is 0 Å². The molecule has 0 spiro atoms. The summed E-state index contributed by atoms with van der Waals surface area (Å²) in [5.74, 6) is 1.72. The Hall–Kier alpha value is -7.89. The molecule has 5 aromatic heterocycles. The van der Waals surface area contributed by atoms with Crippen molar-refractivity contribution < 1.29 is 0 Å². The van der Waals surface area contributed by atoms with Gasteiger partial charge in [0.15, 0.2) is 0 Å². The fraction of sp³-hybridized carbons (Fsp3) is 0. The lowest BCUT2D eigenvalue weighted by molar-refractivity contribution is 0.997. The van der Waals surface area contributed by atoms with Gasteiger partial charge in [-0.25, -0.2) is 4.98 Å². The molecular formula is C53H33N5. The van der Waals surface area contributed by atoms with Gasteiger partial charge in [0.1, 0.15) is 11.6 Å². The molecule has 0 radical (unpaired) electrons. The summed E-state index contributed by atoms with van der Waals surface area (Å²) in [5.41, 5.74) is 11.4. The third-order valence-electron chi connectivity index (χ3n) is 12.1. The summed E-state index contributed by atoms with van der Waals surface area (Å²) in [4.78, 5) is 5.63. The van der Waals surface area contributed by atoms with Gasteiger partial charge in [0.2, 0.25) is 0 Å². The summed E-state index contributed by atoms with van der Waals surface area (Å²) in [5, 5.41) is 9.73. The summed E-state index contributed by atoms with van der Waals surface area (Å²) >= 11 is 0. The Balaban J connectivity index is 1.20. The van der Waals surface area contributed by atoms with E-state index in [4.69, 9.17) is 4.98 Å². The Kier molecular flexibility index (Phi) is 6.38. The molecule has 13 aromatic rings. The molecule has 270 valence electrons. The van der Waals surface area contributed by atoms with E-state index in [0.29, 0.717) is 0 Å². The first kappa shape index (κ1) is 31.3. The lowest BCUT2D eigenvalue weighted by Crippen LogP contribution is -2.06. The first-order chi connectivity index (χ1) is 28.8. The Morgan fingerprint density at radius 2 is 0.638 bits per heavy atom. The molecule has 0 aliphatic heterocycles. The van der Waals surface area contributed by atoms with Crippen molar-refractivity contribution >= 4 is 87.2 Å². The average molecular weight is 740 g/mol. The smallest absolute Gasteiger partial charge is 0.142 e. The van der Waals surface area contributed by atoms with Gasteiger partial charge in [-0.15, -0.1) is 0 Å². The highest BCUT2D eigenvalue weighted by molar-refractivity contribution is 6.26. The van der Waals surface area contributed by atoms with Gasteiger partial charge >= 0.3 is 0 Å². The van der Waals surface area contributed by atoms with Crippen LogP contribution in [-0.2, 0) is 0 Å². The number of para-hydroxylation sites is 7. The Bertz CT molecular complexity index is 3560. The number of hydrogen-bond donors (Lipinski definition) is 0. The fourth-order valence-corrected chi connectivity index (χ4v) is 9.82. The molecule has 58 heavy (non-hydrogen) atoms. The second kappa shape index (κ2) is 11.8. The van der Waals surface area contributed by atoms with Crippen LogP contribution in [0.1, 0.15) is 0 Å². The number of rotatable bonds is 4. The number of hydrogen-bond acceptors (Lipinski definition) is 1. The van der Waals surface area contributed by atoms with Crippen LogP contribution in [-0.4, -0.2) is 23.3 Å². The maximum absolute atomic E-state index is 5.63. The molecule has 0 aliphatic carbocycles. The van der Waals surface area contributed by atoms with Gasteiger partial charge in [0.05, 0.1) is 49.8 Å². The Morgan fingerprint density at radius 1 is 0.259 bits per heavy atom. The maximum Gasteiger partial charge on any atom is 0.142 e. The molecule has 5 heteroatoms. The zero-order valence-electron chi connectivity index (χ0n) is 31.3. The van der Waals surface area contributed by atoms with Crippen molar-refractivity contribution in [2.24, 2.45) is 0 Å². The molecule has 0 N–H and O–H groups in total. The van der Waals surface area contributed by atoms with Crippen LogP contribution in [0.2, 0.25) is 0 Å². The third kappa shape index (κ3) is 4.22.